The van der Waals surface area contributed by atoms with E-state index in [-0.39, 0.29) is 11.1 Å². The van der Waals surface area contributed by atoms with Crippen LogP contribution in [-0.4, -0.2) is 16.9 Å². The predicted octanol–water partition coefficient (Wildman–Crippen LogP) is 3.40. The van der Waals surface area contributed by atoms with Gasteiger partial charge in [0.15, 0.2) is 12.1 Å². The largest absolute Gasteiger partial charge is 0.298 e. The van der Waals surface area contributed by atoms with Gasteiger partial charge >= 0.3 is 0 Å². The second-order valence-corrected chi connectivity index (χ2v) is 4.58. The van der Waals surface area contributed by atoms with Crippen LogP contribution in [0.1, 0.15) is 39.6 Å². The Hall–Kier alpha value is -1.10. The third-order valence-electron chi connectivity index (χ3n) is 2.10. The van der Waals surface area contributed by atoms with Gasteiger partial charge in [-0.3, -0.25) is 9.59 Å². The normalized spacial score (nSPS) is 12.6. The summed E-state index contributed by atoms with van der Waals surface area (Å²) in [7, 11) is 0. The molecule has 0 radical (unpaired) electrons. The maximum absolute atomic E-state index is 12.7. The minimum Gasteiger partial charge on any atom is -0.298 e. The van der Waals surface area contributed by atoms with Crippen LogP contribution in [0.25, 0.3) is 0 Å². The maximum atomic E-state index is 12.7. The van der Waals surface area contributed by atoms with Gasteiger partial charge in [0.25, 0.3) is 6.43 Å². The predicted molar refractivity (Wildman–Crippen MR) is 59.5 cm³/mol. The van der Waals surface area contributed by atoms with Gasteiger partial charge in [-0.05, 0) is 6.92 Å². The Morgan fingerprint density at radius 1 is 1.44 bits per heavy atom. The molecule has 1 aromatic carbocycles. The van der Waals surface area contributed by atoms with E-state index in [2.05, 4.69) is 15.9 Å². The van der Waals surface area contributed by atoms with Crippen LogP contribution in [-0.2, 0) is 0 Å². The monoisotopic (exact) mass is 290 g/mol. The van der Waals surface area contributed by atoms with Gasteiger partial charge in [0.2, 0.25) is 0 Å². The van der Waals surface area contributed by atoms with Crippen molar-refractivity contribution in [3.8, 4) is 0 Å². The van der Waals surface area contributed by atoms with Gasteiger partial charge in [0.05, 0.1) is 4.83 Å². The van der Waals surface area contributed by atoms with E-state index in [0.29, 0.717) is 6.29 Å². The highest BCUT2D eigenvalue weighted by molar-refractivity contribution is 9.10. The van der Waals surface area contributed by atoms with E-state index in [1.54, 1.807) is 0 Å². The summed E-state index contributed by atoms with van der Waals surface area (Å²) in [5.41, 5.74) is -0.605. The molecule has 0 amide bonds. The molecule has 0 heterocycles. The molecule has 16 heavy (non-hydrogen) atoms. The third-order valence-corrected chi connectivity index (χ3v) is 2.51. The molecule has 0 spiro atoms. The van der Waals surface area contributed by atoms with E-state index >= 15 is 0 Å². The summed E-state index contributed by atoms with van der Waals surface area (Å²) in [4.78, 5) is 21.8. The van der Waals surface area contributed by atoms with Crippen molar-refractivity contribution in [2.45, 2.75) is 18.2 Å². The third kappa shape index (κ3) is 2.52. The summed E-state index contributed by atoms with van der Waals surface area (Å²) in [6.07, 6.45) is -2.36. The number of Topliss-reactive ketones (excluding diaryl/α,β-unsaturated/α-hetero) is 1. The highest BCUT2D eigenvalue weighted by Crippen LogP contribution is 2.27. The van der Waals surface area contributed by atoms with Crippen LogP contribution in [0, 0.1) is 0 Å². The van der Waals surface area contributed by atoms with Crippen LogP contribution in [0.2, 0.25) is 0 Å². The molecule has 0 aromatic heterocycles. The molecular formula is C11H9BrF2O2. The molecule has 1 rings (SSSR count). The fourth-order valence-electron chi connectivity index (χ4n) is 1.35. The lowest BCUT2D eigenvalue weighted by molar-refractivity contribution is 0.0975. The molecule has 2 nitrogen and oxygen atoms in total. The van der Waals surface area contributed by atoms with E-state index in [9.17, 15) is 18.4 Å². The maximum Gasteiger partial charge on any atom is 0.264 e. The van der Waals surface area contributed by atoms with Gasteiger partial charge in [-0.2, -0.15) is 0 Å². The highest BCUT2D eigenvalue weighted by atomic mass is 79.9. The van der Waals surface area contributed by atoms with E-state index in [4.69, 9.17) is 0 Å². The minimum absolute atomic E-state index is 0.00546. The first-order valence-corrected chi connectivity index (χ1v) is 5.45. The van der Waals surface area contributed by atoms with Crippen LogP contribution in [0.3, 0.4) is 0 Å². The lowest BCUT2D eigenvalue weighted by Crippen LogP contribution is -2.15. The van der Waals surface area contributed by atoms with Crippen molar-refractivity contribution < 1.29 is 18.4 Å². The first kappa shape index (κ1) is 13.0. The van der Waals surface area contributed by atoms with Crippen LogP contribution in [0.5, 0.6) is 0 Å². The SMILES string of the molecule is CC(Br)C(=O)c1c(C=O)cccc1C(F)F. The Bertz CT molecular complexity index is 416. The van der Waals surface area contributed by atoms with Crippen molar-refractivity contribution in [1.82, 2.24) is 0 Å². The van der Waals surface area contributed by atoms with E-state index in [1.165, 1.54) is 19.1 Å². The second-order valence-electron chi connectivity index (χ2n) is 3.21. The van der Waals surface area contributed by atoms with Crippen molar-refractivity contribution in [3.05, 3.63) is 34.9 Å². The lowest BCUT2D eigenvalue weighted by atomic mass is 9.97. The summed E-state index contributed by atoms with van der Waals surface area (Å²) in [6.45, 7) is 1.53. The summed E-state index contributed by atoms with van der Waals surface area (Å²) in [6, 6.07) is 3.84. The molecule has 0 aliphatic carbocycles. The zero-order valence-electron chi connectivity index (χ0n) is 8.41. The van der Waals surface area contributed by atoms with Crippen LogP contribution >= 0.6 is 15.9 Å². The fraction of sp³-hybridized carbons (Fsp3) is 0.273. The zero-order chi connectivity index (χ0) is 12.3. The van der Waals surface area contributed by atoms with Crippen molar-refractivity contribution in [3.63, 3.8) is 0 Å². The summed E-state index contributed by atoms with van der Waals surface area (Å²) in [5, 5.41) is 0. The first-order chi connectivity index (χ1) is 7.49. The van der Waals surface area contributed by atoms with Crippen molar-refractivity contribution in [1.29, 1.82) is 0 Å². The lowest BCUT2D eigenvalue weighted by Gasteiger charge is -2.11. The number of benzene rings is 1. The van der Waals surface area contributed by atoms with Crippen LogP contribution in [0.15, 0.2) is 18.2 Å². The van der Waals surface area contributed by atoms with Crippen LogP contribution in [0.4, 0.5) is 8.78 Å². The fourth-order valence-corrected chi connectivity index (χ4v) is 1.58. The molecule has 1 atom stereocenters. The molecule has 0 fully saturated rings. The zero-order valence-corrected chi connectivity index (χ0v) is 10.0. The molecule has 0 N–H and O–H groups in total. The van der Waals surface area contributed by atoms with E-state index in [0.717, 1.165) is 6.07 Å². The van der Waals surface area contributed by atoms with Gasteiger partial charge in [-0.15, -0.1) is 0 Å². The molecule has 86 valence electrons. The average molecular weight is 291 g/mol. The molecular weight excluding hydrogens is 282 g/mol. The Morgan fingerprint density at radius 2 is 2.06 bits per heavy atom. The standard InChI is InChI=1S/C11H9BrF2O2/c1-6(12)10(16)9-7(5-15)3-2-4-8(9)11(13)14/h2-6,11H,1H3. The molecule has 0 saturated heterocycles. The number of halogens is 3. The summed E-state index contributed by atoms with van der Waals surface area (Å²) >= 11 is 3.01. The van der Waals surface area contributed by atoms with Gasteiger partial charge in [-0.25, -0.2) is 8.78 Å². The number of ketones is 1. The van der Waals surface area contributed by atoms with Gasteiger partial charge in [0, 0.05) is 16.7 Å². The number of carbonyl (C=O) groups is 2. The van der Waals surface area contributed by atoms with E-state index in [1.807, 2.05) is 0 Å². The number of hydrogen-bond acceptors (Lipinski definition) is 2. The first-order valence-electron chi connectivity index (χ1n) is 4.53. The minimum atomic E-state index is -2.77. The smallest absolute Gasteiger partial charge is 0.264 e. The number of carbonyl (C=O) groups excluding carboxylic acids is 2. The number of alkyl halides is 3. The van der Waals surface area contributed by atoms with E-state index < -0.39 is 22.6 Å². The molecule has 0 saturated carbocycles. The molecule has 0 bridgehead atoms. The molecule has 0 aliphatic rings. The Balaban J connectivity index is 3.41. The van der Waals surface area contributed by atoms with Crippen molar-refractivity contribution in [2.75, 3.05) is 0 Å². The van der Waals surface area contributed by atoms with Crippen molar-refractivity contribution in [2.24, 2.45) is 0 Å². The number of rotatable bonds is 4. The quantitative estimate of drug-likeness (QED) is 0.484. The van der Waals surface area contributed by atoms with Crippen LogP contribution < -0.4 is 0 Å². The molecule has 5 heteroatoms. The summed E-state index contributed by atoms with van der Waals surface area (Å²) in [5.74, 6) is -0.516. The number of aldehydes is 1. The number of hydrogen-bond donors (Lipinski definition) is 0. The molecule has 0 aliphatic heterocycles. The Labute approximate surface area is 99.8 Å². The molecule has 1 aromatic rings. The Kier molecular flexibility index (Phi) is 4.29. The van der Waals surface area contributed by atoms with Gasteiger partial charge < -0.3 is 0 Å². The van der Waals surface area contributed by atoms with Gasteiger partial charge in [0.1, 0.15) is 0 Å². The summed E-state index contributed by atoms with van der Waals surface area (Å²) < 4.78 is 25.4. The topological polar surface area (TPSA) is 34.1 Å². The highest BCUT2D eigenvalue weighted by Gasteiger charge is 2.23. The second kappa shape index (κ2) is 5.30. The Morgan fingerprint density at radius 3 is 2.50 bits per heavy atom. The van der Waals surface area contributed by atoms with Gasteiger partial charge in [-0.1, -0.05) is 34.1 Å². The van der Waals surface area contributed by atoms with Crippen molar-refractivity contribution >= 4 is 28.0 Å². The average Bonchev–Trinajstić information content (AvgIpc) is 2.26. The molecule has 1 unspecified atom stereocenters.